The summed E-state index contributed by atoms with van der Waals surface area (Å²) in [7, 11) is 0. The zero-order valence-electron chi connectivity index (χ0n) is 17.3. The Morgan fingerprint density at radius 1 is 1.13 bits per heavy atom. The number of thiazole rings is 1. The van der Waals surface area contributed by atoms with Crippen molar-refractivity contribution in [3.05, 3.63) is 69.6 Å². The van der Waals surface area contributed by atoms with Gasteiger partial charge in [-0.2, -0.15) is 0 Å². The van der Waals surface area contributed by atoms with Crippen LogP contribution in [0.2, 0.25) is 0 Å². The Morgan fingerprint density at radius 2 is 1.90 bits per heavy atom. The predicted octanol–water partition coefficient (Wildman–Crippen LogP) is 5.25. The number of rotatable bonds is 7. The molecule has 0 saturated heterocycles. The highest BCUT2D eigenvalue weighted by Crippen LogP contribution is 2.31. The SMILES string of the molecule is Cc1nc(C)c(-c2nnc(SCC(=O)c3cc(C)n(Cc4ccccc4)c3C)o2)s1. The van der Waals surface area contributed by atoms with E-state index in [4.69, 9.17) is 4.42 Å². The maximum absolute atomic E-state index is 12.9. The van der Waals surface area contributed by atoms with Gasteiger partial charge in [-0.05, 0) is 39.3 Å². The molecule has 0 aliphatic rings. The van der Waals surface area contributed by atoms with Crippen LogP contribution >= 0.6 is 23.1 Å². The molecule has 0 aliphatic heterocycles. The van der Waals surface area contributed by atoms with Crippen LogP contribution in [0.3, 0.4) is 0 Å². The molecule has 1 aromatic carbocycles. The molecule has 8 heteroatoms. The minimum Gasteiger partial charge on any atom is -0.410 e. The zero-order chi connectivity index (χ0) is 21.3. The average molecular weight is 439 g/mol. The molecule has 0 unspecified atom stereocenters. The second-order valence-corrected chi connectivity index (χ2v) is 9.22. The molecule has 0 radical (unpaired) electrons. The molecule has 0 aliphatic carbocycles. The Bertz CT molecular complexity index is 1190. The first-order chi connectivity index (χ1) is 14.4. The Kier molecular flexibility index (Phi) is 5.87. The summed E-state index contributed by atoms with van der Waals surface area (Å²) >= 11 is 2.79. The van der Waals surface area contributed by atoms with E-state index < -0.39 is 0 Å². The quantitative estimate of drug-likeness (QED) is 0.290. The third-order valence-electron chi connectivity index (χ3n) is 4.89. The lowest BCUT2D eigenvalue weighted by atomic mass is 10.2. The van der Waals surface area contributed by atoms with Crippen molar-refractivity contribution < 1.29 is 9.21 Å². The number of aryl methyl sites for hydroxylation is 3. The summed E-state index contributed by atoms with van der Waals surface area (Å²) in [6.45, 7) is 8.64. The summed E-state index contributed by atoms with van der Waals surface area (Å²) in [5.41, 5.74) is 4.87. The van der Waals surface area contributed by atoms with E-state index in [-0.39, 0.29) is 11.5 Å². The van der Waals surface area contributed by atoms with Gasteiger partial charge in [-0.15, -0.1) is 21.5 Å². The molecule has 6 nitrogen and oxygen atoms in total. The molecule has 4 rings (SSSR count). The Morgan fingerprint density at radius 3 is 2.60 bits per heavy atom. The van der Waals surface area contributed by atoms with Crippen LogP contribution in [0.5, 0.6) is 0 Å². The van der Waals surface area contributed by atoms with Crippen LogP contribution in [-0.4, -0.2) is 31.3 Å². The fourth-order valence-corrected chi connectivity index (χ4v) is 4.87. The van der Waals surface area contributed by atoms with Crippen LogP contribution in [0.4, 0.5) is 0 Å². The van der Waals surface area contributed by atoms with Gasteiger partial charge in [0.25, 0.3) is 11.1 Å². The first-order valence-corrected chi connectivity index (χ1v) is 11.4. The maximum Gasteiger partial charge on any atom is 0.277 e. The molecule has 3 heterocycles. The smallest absolute Gasteiger partial charge is 0.277 e. The second kappa shape index (κ2) is 8.57. The fraction of sp³-hybridized carbons (Fsp3) is 0.273. The number of thioether (sulfide) groups is 1. The molecule has 4 aromatic rings. The molecule has 154 valence electrons. The number of carbonyl (C=O) groups excluding carboxylic acids is 1. The molecule has 0 amide bonds. The van der Waals surface area contributed by atoms with Crippen molar-refractivity contribution in [1.29, 1.82) is 0 Å². The standard InChI is InChI=1S/C22H22N4O2S2/c1-13-10-18(15(3)26(13)11-17-8-6-5-7-9-17)19(27)12-29-22-25-24-21(28-22)20-14(2)23-16(4)30-20/h5-10H,11-12H2,1-4H3. The molecule has 0 atom stereocenters. The minimum atomic E-state index is 0.0528. The Labute approximate surface area is 183 Å². The summed E-state index contributed by atoms with van der Waals surface area (Å²) in [5.74, 6) is 0.754. The lowest BCUT2D eigenvalue weighted by Crippen LogP contribution is -2.07. The van der Waals surface area contributed by atoms with Gasteiger partial charge < -0.3 is 8.98 Å². The predicted molar refractivity (Wildman–Crippen MR) is 119 cm³/mol. The van der Waals surface area contributed by atoms with Crippen LogP contribution in [-0.2, 0) is 6.54 Å². The summed E-state index contributed by atoms with van der Waals surface area (Å²) in [5, 5.41) is 9.53. The largest absolute Gasteiger partial charge is 0.410 e. The van der Waals surface area contributed by atoms with E-state index in [1.807, 2.05) is 52.0 Å². The summed E-state index contributed by atoms with van der Waals surface area (Å²) in [4.78, 5) is 18.1. The molecule has 0 bridgehead atoms. The number of hydrogen-bond donors (Lipinski definition) is 0. The van der Waals surface area contributed by atoms with Gasteiger partial charge in [0.1, 0.15) is 4.88 Å². The van der Waals surface area contributed by atoms with Crippen molar-refractivity contribution in [3.8, 4) is 10.8 Å². The Balaban J connectivity index is 1.45. The molecule has 0 N–H and O–H groups in total. The van der Waals surface area contributed by atoms with Crippen LogP contribution in [0.15, 0.2) is 46.0 Å². The van der Waals surface area contributed by atoms with Crippen molar-refractivity contribution in [2.24, 2.45) is 0 Å². The van der Waals surface area contributed by atoms with Gasteiger partial charge in [-0.3, -0.25) is 4.79 Å². The van der Waals surface area contributed by atoms with Gasteiger partial charge in [0.15, 0.2) is 5.78 Å². The van der Waals surface area contributed by atoms with E-state index in [9.17, 15) is 4.79 Å². The van der Waals surface area contributed by atoms with Gasteiger partial charge in [0, 0.05) is 23.5 Å². The third kappa shape index (κ3) is 4.24. The van der Waals surface area contributed by atoms with E-state index >= 15 is 0 Å². The van der Waals surface area contributed by atoms with E-state index in [0.29, 0.717) is 11.1 Å². The number of nitrogens with zero attached hydrogens (tertiary/aromatic N) is 4. The number of hydrogen-bond acceptors (Lipinski definition) is 7. The Hall–Kier alpha value is -2.71. The topological polar surface area (TPSA) is 73.8 Å². The van der Waals surface area contributed by atoms with E-state index in [2.05, 4.69) is 31.9 Å². The molecule has 0 fully saturated rings. The molecule has 0 spiro atoms. The number of benzene rings is 1. The normalized spacial score (nSPS) is 11.2. The minimum absolute atomic E-state index is 0.0528. The maximum atomic E-state index is 12.9. The van der Waals surface area contributed by atoms with Gasteiger partial charge in [0.05, 0.1) is 16.5 Å². The lowest BCUT2D eigenvalue weighted by Gasteiger charge is -2.09. The first-order valence-electron chi connectivity index (χ1n) is 9.57. The summed E-state index contributed by atoms with van der Waals surface area (Å²) in [6, 6.07) is 12.2. The first kappa shape index (κ1) is 20.6. The van der Waals surface area contributed by atoms with Crippen LogP contribution in [0.25, 0.3) is 10.8 Å². The van der Waals surface area contributed by atoms with Gasteiger partial charge in [-0.25, -0.2) is 4.98 Å². The number of aromatic nitrogens is 4. The molecular formula is C22H22N4O2S2. The van der Waals surface area contributed by atoms with Crippen molar-refractivity contribution >= 4 is 28.9 Å². The lowest BCUT2D eigenvalue weighted by molar-refractivity contribution is 0.102. The summed E-state index contributed by atoms with van der Waals surface area (Å²) in [6.07, 6.45) is 0. The average Bonchev–Trinajstić information content (AvgIpc) is 3.40. The second-order valence-electron chi connectivity index (χ2n) is 7.09. The zero-order valence-corrected chi connectivity index (χ0v) is 18.9. The van der Waals surface area contributed by atoms with Crippen LogP contribution in [0, 0.1) is 27.7 Å². The van der Waals surface area contributed by atoms with Crippen LogP contribution in [0.1, 0.15) is 38.0 Å². The van der Waals surface area contributed by atoms with Crippen LogP contribution < -0.4 is 0 Å². The fourth-order valence-electron chi connectivity index (χ4n) is 3.39. The van der Waals surface area contributed by atoms with E-state index in [1.165, 1.54) is 28.7 Å². The highest BCUT2D eigenvalue weighted by Gasteiger charge is 2.19. The number of Topliss-reactive ketones (excluding diaryl/α,β-unsaturated/α-hetero) is 1. The van der Waals surface area contributed by atoms with Crippen molar-refractivity contribution in [3.63, 3.8) is 0 Å². The van der Waals surface area contributed by atoms with Crippen molar-refractivity contribution in [2.75, 3.05) is 5.75 Å². The summed E-state index contributed by atoms with van der Waals surface area (Å²) < 4.78 is 7.92. The molecule has 3 aromatic heterocycles. The molecular weight excluding hydrogens is 416 g/mol. The number of carbonyl (C=O) groups is 1. The van der Waals surface area contributed by atoms with Gasteiger partial charge in [0.2, 0.25) is 0 Å². The van der Waals surface area contributed by atoms with E-state index in [1.54, 1.807) is 0 Å². The molecule has 0 saturated carbocycles. The highest BCUT2D eigenvalue weighted by molar-refractivity contribution is 7.99. The van der Waals surface area contributed by atoms with Gasteiger partial charge in [-0.1, -0.05) is 42.1 Å². The van der Waals surface area contributed by atoms with Crippen molar-refractivity contribution in [2.45, 2.75) is 39.5 Å². The van der Waals surface area contributed by atoms with Crippen molar-refractivity contribution in [1.82, 2.24) is 19.7 Å². The third-order valence-corrected chi connectivity index (χ3v) is 6.77. The van der Waals surface area contributed by atoms with Gasteiger partial charge >= 0.3 is 0 Å². The molecule has 30 heavy (non-hydrogen) atoms. The highest BCUT2D eigenvalue weighted by atomic mass is 32.2. The monoisotopic (exact) mass is 438 g/mol. The number of ketones is 1. The van der Waals surface area contributed by atoms with E-state index in [0.717, 1.165) is 39.1 Å².